The van der Waals surface area contributed by atoms with Crippen LogP contribution in [0.2, 0.25) is 0 Å². The fourth-order valence-corrected chi connectivity index (χ4v) is 2.61. The van der Waals surface area contributed by atoms with E-state index in [0.29, 0.717) is 11.5 Å². The van der Waals surface area contributed by atoms with Crippen LogP contribution in [0.25, 0.3) is 0 Å². The summed E-state index contributed by atoms with van der Waals surface area (Å²) < 4.78 is 5.00. The molecule has 0 bridgehead atoms. The number of carbonyl (C=O) groups is 1. The third-order valence-corrected chi connectivity index (χ3v) is 3.65. The van der Waals surface area contributed by atoms with E-state index in [1.54, 1.807) is 7.11 Å². The maximum absolute atomic E-state index is 11.8. The Balaban J connectivity index is 2.64. The van der Waals surface area contributed by atoms with Gasteiger partial charge in [-0.2, -0.15) is 0 Å². The molecular formula is C10H13BrN2O4S. The highest BCUT2D eigenvalue weighted by Gasteiger charge is 2.18. The minimum atomic E-state index is -0.507. The van der Waals surface area contributed by atoms with E-state index in [0.717, 1.165) is 23.1 Å². The molecule has 0 saturated heterocycles. The van der Waals surface area contributed by atoms with Crippen molar-refractivity contribution in [2.24, 2.45) is 0 Å². The van der Waals surface area contributed by atoms with Crippen LogP contribution in [-0.4, -0.2) is 35.9 Å². The molecule has 1 rings (SSSR count). The minimum absolute atomic E-state index is 0.0380. The number of halogens is 1. The summed E-state index contributed by atoms with van der Waals surface area (Å²) in [5, 5.41) is 14.0. The summed E-state index contributed by atoms with van der Waals surface area (Å²) in [5.74, 6) is -0.309. The largest absolute Gasteiger partial charge is 0.383 e. The number of methoxy groups -OCH3 is 1. The molecule has 0 aliphatic rings. The quantitative estimate of drug-likeness (QED) is 0.470. The molecule has 1 atom stereocenters. The zero-order chi connectivity index (χ0) is 13.5. The van der Waals surface area contributed by atoms with Gasteiger partial charge < -0.3 is 10.1 Å². The molecule has 1 aromatic heterocycles. The van der Waals surface area contributed by atoms with Gasteiger partial charge in [-0.05, 0) is 12.5 Å². The average Bonchev–Trinajstić information content (AvgIpc) is 2.79. The van der Waals surface area contributed by atoms with Crippen molar-refractivity contribution in [2.75, 3.05) is 19.0 Å². The van der Waals surface area contributed by atoms with Crippen LogP contribution in [0.4, 0.5) is 5.00 Å². The fourth-order valence-electron chi connectivity index (χ4n) is 1.33. The van der Waals surface area contributed by atoms with Crippen molar-refractivity contribution in [2.45, 2.75) is 12.5 Å². The summed E-state index contributed by atoms with van der Waals surface area (Å²) in [6.07, 6.45) is 0.729. The normalized spacial score (nSPS) is 12.1. The highest BCUT2D eigenvalue weighted by molar-refractivity contribution is 9.09. The number of alkyl halides is 1. The molecule has 18 heavy (non-hydrogen) atoms. The maximum atomic E-state index is 11.8. The van der Waals surface area contributed by atoms with Crippen LogP contribution < -0.4 is 5.32 Å². The Hall–Kier alpha value is -0.990. The number of nitrogens with one attached hydrogen (secondary N) is 1. The lowest BCUT2D eigenvalue weighted by Gasteiger charge is -2.15. The zero-order valence-corrected chi connectivity index (χ0v) is 12.1. The van der Waals surface area contributed by atoms with Gasteiger partial charge in [0.15, 0.2) is 0 Å². The summed E-state index contributed by atoms with van der Waals surface area (Å²) in [6.45, 7) is 0.408. The number of amides is 1. The van der Waals surface area contributed by atoms with Crippen molar-refractivity contribution >= 4 is 38.2 Å². The van der Waals surface area contributed by atoms with Crippen LogP contribution >= 0.6 is 27.3 Å². The van der Waals surface area contributed by atoms with E-state index >= 15 is 0 Å². The molecule has 0 fully saturated rings. The van der Waals surface area contributed by atoms with Crippen LogP contribution in [0.1, 0.15) is 16.1 Å². The number of hydrogen-bond acceptors (Lipinski definition) is 5. The number of thiophene rings is 1. The lowest BCUT2D eigenvalue weighted by Crippen LogP contribution is -2.37. The molecular weight excluding hydrogens is 324 g/mol. The summed E-state index contributed by atoms with van der Waals surface area (Å²) >= 11 is 4.16. The van der Waals surface area contributed by atoms with Gasteiger partial charge in [-0.25, -0.2) is 0 Å². The van der Waals surface area contributed by atoms with E-state index in [4.69, 9.17) is 4.74 Å². The van der Waals surface area contributed by atoms with Gasteiger partial charge >= 0.3 is 5.00 Å². The van der Waals surface area contributed by atoms with Crippen molar-refractivity contribution in [3.63, 3.8) is 0 Å². The summed E-state index contributed by atoms with van der Waals surface area (Å²) in [7, 11) is 1.56. The third kappa shape index (κ3) is 4.35. The highest BCUT2D eigenvalue weighted by atomic mass is 79.9. The Morgan fingerprint density at radius 1 is 1.67 bits per heavy atom. The number of nitro groups is 1. The van der Waals surface area contributed by atoms with Gasteiger partial charge in [0.1, 0.15) is 0 Å². The van der Waals surface area contributed by atoms with Gasteiger partial charge in [0.05, 0.1) is 22.4 Å². The van der Waals surface area contributed by atoms with Gasteiger partial charge in [-0.1, -0.05) is 27.3 Å². The summed E-state index contributed by atoms with van der Waals surface area (Å²) in [6, 6.07) is 2.67. The third-order valence-electron chi connectivity index (χ3n) is 2.16. The SMILES string of the molecule is COCC(CCBr)NC(=O)c1ccc([N+](=O)[O-])s1. The van der Waals surface area contributed by atoms with E-state index in [1.165, 1.54) is 12.1 Å². The monoisotopic (exact) mass is 336 g/mol. The Labute approximate surface area is 117 Å². The van der Waals surface area contributed by atoms with Gasteiger partial charge in [0.25, 0.3) is 5.91 Å². The Morgan fingerprint density at radius 3 is 2.89 bits per heavy atom. The van der Waals surface area contributed by atoms with Gasteiger partial charge in [0.2, 0.25) is 0 Å². The molecule has 0 saturated carbocycles. The van der Waals surface area contributed by atoms with Crippen molar-refractivity contribution in [3.8, 4) is 0 Å². The fraction of sp³-hybridized carbons (Fsp3) is 0.500. The lowest BCUT2D eigenvalue weighted by molar-refractivity contribution is -0.380. The Bertz CT molecular complexity index is 418. The van der Waals surface area contributed by atoms with Crippen LogP contribution in [0, 0.1) is 10.1 Å². The number of ether oxygens (including phenoxy) is 1. The molecule has 6 nitrogen and oxygen atoms in total. The smallest absolute Gasteiger partial charge is 0.324 e. The topological polar surface area (TPSA) is 81.5 Å². The summed E-state index contributed by atoms with van der Waals surface area (Å²) in [4.78, 5) is 22.2. The first-order chi connectivity index (χ1) is 8.58. The Morgan fingerprint density at radius 2 is 2.39 bits per heavy atom. The lowest BCUT2D eigenvalue weighted by atomic mass is 10.2. The van der Waals surface area contributed by atoms with Crippen LogP contribution in [-0.2, 0) is 4.74 Å². The molecule has 0 aromatic carbocycles. The van der Waals surface area contributed by atoms with E-state index in [-0.39, 0.29) is 17.0 Å². The van der Waals surface area contributed by atoms with Crippen molar-refractivity contribution in [3.05, 3.63) is 27.1 Å². The standard InChI is InChI=1S/C10H13BrN2O4S/c1-17-6-7(4-5-11)12-10(14)8-2-3-9(18-8)13(15)16/h2-3,7H,4-6H2,1H3,(H,12,14). The van der Waals surface area contributed by atoms with Crippen LogP contribution in [0.3, 0.4) is 0 Å². The summed E-state index contributed by atoms with van der Waals surface area (Å²) in [5.41, 5.74) is 0. The number of hydrogen-bond donors (Lipinski definition) is 1. The van der Waals surface area contributed by atoms with E-state index in [1.807, 2.05) is 0 Å². The van der Waals surface area contributed by atoms with Crippen molar-refractivity contribution in [1.29, 1.82) is 0 Å². The molecule has 0 aliphatic heterocycles. The number of nitrogens with zero attached hydrogens (tertiary/aromatic N) is 1. The minimum Gasteiger partial charge on any atom is -0.383 e. The second-order valence-corrected chi connectivity index (χ2v) is 5.35. The van der Waals surface area contributed by atoms with Gasteiger partial charge in [0, 0.05) is 18.5 Å². The second kappa shape index (κ2) is 7.45. The highest BCUT2D eigenvalue weighted by Crippen LogP contribution is 2.23. The molecule has 1 N–H and O–H groups in total. The van der Waals surface area contributed by atoms with E-state index in [9.17, 15) is 14.9 Å². The number of carbonyl (C=O) groups excluding carboxylic acids is 1. The van der Waals surface area contributed by atoms with Gasteiger partial charge in [-0.3, -0.25) is 14.9 Å². The van der Waals surface area contributed by atoms with E-state index < -0.39 is 4.92 Å². The second-order valence-electron chi connectivity index (χ2n) is 3.50. The Kier molecular flexibility index (Phi) is 6.23. The molecule has 0 spiro atoms. The van der Waals surface area contributed by atoms with Crippen LogP contribution in [0.15, 0.2) is 12.1 Å². The maximum Gasteiger partial charge on any atom is 0.324 e. The molecule has 8 heteroatoms. The molecule has 100 valence electrons. The van der Waals surface area contributed by atoms with Crippen molar-refractivity contribution < 1.29 is 14.5 Å². The molecule has 0 radical (unpaired) electrons. The molecule has 1 heterocycles. The molecule has 0 aliphatic carbocycles. The van der Waals surface area contributed by atoms with Gasteiger partial charge in [-0.15, -0.1) is 0 Å². The van der Waals surface area contributed by atoms with E-state index in [2.05, 4.69) is 21.2 Å². The first-order valence-electron chi connectivity index (χ1n) is 5.18. The van der Waals surface area contributed by atoms with Crippen molar-refractivity contribution in [1.82, 2.24) is 5.32 Å². The average molecular weight is 337 g/mol. The van der Waals surface area contributed by atoms with Crippen LogP contribution in [0.5, 0.6) is 0 Å². The zero-order valence-electron chi connectivity index (χ0n) is 9.72. The predicted molar refractivity (Wildman–Crippen MR) is 72.5 cm³/mol. The molecule has 1 aromatic rings. The first kappa shape index (κ1) is 15.1. The first-order valence-corrected chi connectivity index (χ1v) is 7.12. The predicted octanol–water partition coefficient (Wildman–Crippen LogP) is 2.19. The molecule has 1 unspecified atom stereocenters. The number of rotatable bonds is 7. The molecule has 1 amide bonds.